The third-order valence-electron chi connectivity index (χ3n) is 4.44. The van der Waals surface area contributed by atoms with Crippen LogP contribution in [0.2, 0.25) is 0 Å². The number of rotatable bonds is 6. The van der Waals surface area contributed by atoms with Crippen LogP contribution in [0.1, 0.15) is 23.2 Å². The Morgan fingerprint density at radius 1 is 1.07 bits per heavy atom. The fraction of sp³-hybridized carbons (Fsp3) is 0.421. The molecule has 8 heteroatoms. The van der Waals surface area contributed by atoms with E-state index >= 15 is 0 Å². The fourth-order valence-electron chi connectivity index (χ4n) is 3.06. The molecule has 0 spiro atoms. The molecule has 2 aromatic rings. The molecule has 0 aliphatic carbocycles. The number of para-hydroxylation sites is 1. The van der Waals surface area contributed by atoms with Gasteiger partial charge in [0.15, 0.2) is 11.5 Å². The Morgan fingerprint density at radius 2 is 1.85 bits per heavy atom. The van der Waals surface area contributed by atoms with Crippen molar-refractivity contribution >= 4 is 5.91 Å². The number of amides is 1. The second-order valence-electron chi connectivity index (χ2n) is 6.03. The van der Waals surface area contributed by atoms with Crippen LogP contribution in [0.4, 0.5) is 0 Å². The predicted molar refractivity (Wildman–Crippen MR) is 97.7 cm³/mol. The third kappa shape index (κ3) is 4.21. The van der Waals surface area contributed by atoms with Crippen LogP contribution in [0.3, 0.4) is 0 Å². The van der Waals surface area contributed by atoms with Crippen molar-refractivity contribution in [3.05, 3.63) is 36.0 Å². The van der Waals surface area contributed by atoms with Crippen molar-refractivity contribution in [1.29, 1.82) is 0 Å². The van der Waals surface area contributed by atoms with Crippen LogP contribution in [0.25, 0.3) is 0 Å². The molecule has 1 aliphatic rings. The van der Waals surface area contributed by atoms with Crippen LogP contribution in [-0.4, -0.2) is 61.3 Å². The molecule has 0 N–H and O–H groups in total. The van der Waals surface area contributed by atoms with Gasteiger partial charge in [0, 0.05) is 38.2 Å². The van der Waals surface area contributed by atoms with E-state index in [0.29, 0.717) is 48.9 Å². The lowest BCUT2D eigenvalue weighted by Crippen LogP contribution is -2.42. The van der Waals surface area contributed by atoms with Crippen LogP contribution in [0.5, 0.6) is 23.4 Å². The Morgan fingerprint density at radius 3 is 2.52 bits per heavy atom. The van der Waals surface area contributed by atoms with Crippen molar-refractivity contribution < 1.29 is 23.7 Å². The number of methoxy groups -OCH3 is 3. The van der Waals surface area contributed by atoms with E-state index < -0.39 is 0 Å². The summed E-state index contributed by atoms with van der Waals surface area (Å²) < 4.78 is 21.6. The van der Waals surface area contributed by atoms with E-state index in [-0.39, 0.29) is 18.0 Å². The maximum Gasteiger partial charge on any atom is 0.319 e. The minimum absolute atomic E-state index is 0.0131. The number of benzene rings is 1. The van der Waals surface area contributed by atoms with Gasteiger partial charge in [-0.05, 0) is 12.1 Å². The minimum Gasteiger partial charge on any atom is -0.493 e. The molecule has 0 bridgehead atoms. The maximum absolute atomic E-state index is 12.9. The van der Waals surface area contributed by atoms with Crippen molar-refractivity contribution in [1.82, 2.24) is 14.9 Å². The van der Waals surface area contributed by atoms with Gasteiger partial charge < -0.3 is 23.8 Å². The second kappa shape index (κ2) is 8.57. The van der Waals surface area contributed by atoms with E-state index in [9.17, 15) is 4.79 Å². The summed E-state index contributed by atoms with van der Waals surface area (Å²) >= 11 is 0. The summed E-state index contributed by atoms with van der Waals surface area (Å²) in [7, 11) is 4.60. The van der Waals surface area contributed by atoms with Gasteiger partial charge in [0.1, 0.15) is 6.10 Å². The highest BCUT2D eigenvalue weighted by atomic mass is 16.5. The van der Waals surface area contributed by atoms with Crippen LogP contribution >= 0.6 is 0 Å². The molecule has 8 nitrogen and oxygen atoms in total. The Balaban J connectivity index is 1.63. The number of hydrogen-bond acceptors (Lipinski definition) is 7. The number of hydrogen-bond donors (Lipinski definition) is 0. The molecule has 144 valence electrons. The molecule has 1 saturated heterocycles. The predicted octanol–water partition coefficient (Wildman–Crippen LogP) is 2.19. The lowest BCUT2D eigenvalue weighted by atomic mass is 10.1. The summed E-state index contributed by atoms with van der Waals surface area (Å²) in [4.78, 5) is 22.8. The number of nitrogens with zero attached hydrogens (tertiary/aromatic N) is 3. The Kier molecular flexibility index (Phi) is 5.95. The average molecular weight is 373 g/mol. The third-order valence-corrected chi connectivity index (χ3v) is 4.44. The summed E-state index contributed by atoms with van der Waals surface area (Å²) in [5.74, 6) is 1.39. The standard InChI is InChI=1S/C19H23N3O5/c1-24-15-6-4-5-14(17(15)25-2)18(23)22-11-8-13(9-12-22)27-16-7-10-20-19(21-16)26-3/h4-7,10,13H,8-9,11-12H2,1-3H3. The Bertz CT molecular complexity index is 791. The van der Waals surface area contributed by atoms with Crippen molar-refractivity contribution in [2.45, 2.75) is 18.9 Å². The molecular formula is C19H23N3O5. The lowest BCUT2D eigenvalue weighted by Gasteiger charge is -2.32. The molecule has 27 heavy (non-hydrogen) atoms. The number of carbonyl (C=O) groups is 1. The smallest absolute Gasteiger partial charge is 0.319 e. The van der Waals surface area contributed by atoms with Crippen LogP contribution in [0.15, 0.2) is 30.5 Å². The van der Waals surface area contributed by atoms with Crippen LogP contribution in [0, 0.1) is 0 Å². The summed E-state index contributed by atoms with van der Waals surface area (Å²) in [5.41, 5.74) is 0.497. The van der Waals surface area contributed by atoms with Gasteiger partial charge in [-0.15, -0.1) is 0 Å². The monoisotopic (exact) mass is 373 g/mol. The number of piperidine rings is 1. The van der Waals surface area contributed by atoms with Crippen molar-refractivity contribution in [3.8, 4) is 23.4 Å². The normalized spacial score (nSPS) is 14.6. The maximum atomic E-state index is 12.9. The molecule has 2 heterocycles. The molecule has 1 amide bonds. The highest BCUT2D eigenvalue weighted by molar-refractivity contribution is 5.97. The summed E-state index contributed by atoms with van der Waals surface area (Å²) in [6.07, 6.45) is 3.00. The van der Waals surface area contributed by atoms with Gasteiger partial charge in [0.05, 0.1) is 26.9 Å². The number of ether oxygens (including phenoxy) is 4. The number of carbonyl (C=O) groups excluding carboxylic acids is 1. The van der Waals surface area contributed by atoms with Gasteiger partial charge in [-0.2, -0.15) is 4.98 Å². The topological polar surface area (TPSA) is 83.0 Å². The van der Waals surface area contributed by atoms with Crippen molar-refractivity contribution in [2.24, 2.45) is 0 Å². The molecule has 1 aliphatic heterocycles. The SMILES string of the molecule is COc1nccc(OC2CCN(C(=O)c3cccc(OC)c3OC)CC2)n1. The highest BCUT2D eigenvalue weighted by Crippen LogP contribution is 2.32. The van der Waals surface area contributed by atoms with Gasteiger partial charge in [-0.3, -0.25) is 4.79 Å². The molecule has 1 aromatic heterocycles. The van der Waals surface area contributed by atoms with Gasteiger partial charge in [-0.1, -0.05) is 6.07 Å². The van der Waals surface area contributed by atoms with E-state index in [1.165, 1.54) is 14.2 Å². The van der Waals surface area contributed by atoms with E-state index in [4.69, 9.17) is 18.9 Å². The summed E-state index contributed by atoms with van der Waals surface area (Å²) in [6.45, 7) is 1.18. The van der Waals surface area contributed by atoms with Gasteiger partial charge in [-0.25, -0.2) is 4.98 Å². The molecule has 1 fully saturated rings. The molecule has 1 aromatic carbocycles. The van der Waals surface area contributed by atoms with Crippen molar-refractivity contribution in [2.75, 3.05) is 34.4 Å². The second-order valence-corrected chi connectivity index (χ2v) is 6.03. The van der Waals surface area contributed by atoms with E-state index in [0.717, 1.165) is 0 Å². The van der Waals surface area contributed by atoms with E-state index in [1.807, 2.05) is 0 Å². The van der Waals surface area contributed by atoms with Gasteiger partial charge in [0.25, 0.3) is 5.91 Å². The van der Waals surface area contributed by atoms with Gasteiger partial charge in [0.2, 0.25) is 5.88 Å². The largest absolute Gasteiger partial charge is 0.493 e. The number of aromatic nitrogens is 2. The zero-order valence-corrected chi connectivity index (χ0v) is 15.7. The van der Waals surface area contributed by atoms with Crippen LogP contribution < -0.4 is 18.9 Å². The van der Waals surface area contributed by atoms with E-state index in [2.05, 4.69) is 9.97 Å². The van der Waals surface area contributed by atoms with Crippen molar-refractivity contribution in [3.63, 3.8) is 0 Å². The zero-order valence-electron chi connectivity index (χ0n) is 15.7. The lowest BCUT2D eigenvalue weighted by molar-refractivity contribution is 0.0583. The summed E-state index contributed by atoms with van der Waals surface area (Å²) in [5, 5.41) is 0. The first-order valence-corrected chi connectivity index (χ1v) is 8.70. The molecule has 0 radical (unpaired) electrons. The first-order valence-electron chi connectivity index (χ1n) is 8.70. The molecular weight excluding hydrogens is 350 g/mol. The molecule has 0 atom stereocenters. The van der Waals surface area contributed by atoms with Crippen LogP contribution in [-0.2, 0) is 0 Å². The number of likely N-dealkylation sites (tertiary alicyclic amines) is 1. The molecule has 0 saturated carbocycles. The quantitative estimate of drug-likeness (QED) is 0.767. The first kappa shape index (κ1) is 18.8. The minimum atomic E-state index is -0.0760. The molecule has 3 rings (SSSR count). The molecule has 0 unspecified atom stereocenters. The highest BCUT2D eigenvalue weighted by Gasteiger charge is 2.27. The fourth-order valence-corrected chi connectivity index (χ4v) is 3.06. The van der Waals surface area contributed by atoms with Gasteiger partial charge >= 0.3 is 6.01 Å². The summed E-state index contributed by atoms with van der Waals surface area (Å²) in [6, 6.07) is 7.27. The zero-order chi connectivity index (χ0) is 19.2. The first-order chi connectivity index (χ1) is 13.2. The average Bonchev–Trinajstić information content (AvgIpc) is 2.73. The Labute approximate surface area is 158 Å². The Hall–Kier alpha value is -3.03. The van der Waals surface area contributed by atoms with E-state index in [1.54, 1.807) is 42.5 Å².